The lowest BCUT2D eigenvalue weighted by atomic mass is 10.1. The zero-order valence-corrected chi connectivity index (χ0v) is 17.9. The van der Waals surface area contributed by atoms with Gasteiger partial charge < -0.3 is 0 Å². The average Bonchev–Trinajstić information content (AvgIpc) is 2.87. The Labute approximate surface area is 188 Å². The number of hydrogen-bond donors (Lipinski definition) is 0. The van der Waals surface area contributed by atoms with Gasteiger partial charge >= 0.3 is 0 Å². The Kier molecular flexibility index (Phi) is 5.46. The lowest BCUT2D eigenvalue weighted by Crippen LogP contribution is -2.13. The molecule has 0 atom stereocenters. The zero-order chi connectivity index (χ0) is 21.8. The molecule has 0 saturated heterocycles. The van der Waals surface area contributed by atoms with Gasteiger partial charge in [-0.1, -0.05) is 90.5 Å². The van der Waals surface area contributed by atoms with Crippen molar-refractivity contribution in [1.29, 1.82) is 0 Å². The maximum absolute atomic E-state index is 5.01. The van der Waals surface area contributed by atoms with E-state index in [4.69, 9.17) is 9.97 Å². The van der Waals surface area contributed by atoms with Gasteiger partial charge in [-0.2, -0.15) is 0 Å². The van der Waals surface area contributed by atoms with Gasteiger partial charge in [0.15, 0.2) is 0 Å². The van der Waals surface area contributed by atoms with Crippen molar-refractivity contribution >= 4 is 17.3 Å². The summed E-state index contributed by atoms with van der Waals surface area (Å²) < 4.78 is 0. The number of benzene rings is 3. The molecule has 5 aromatic rings. The van der Waals surface area contributed by atoms with Crippen LogP contribution in [-0.2, 0) is 0 Å². The summed E-state index contributed by atoms with van der Waals surface area (Å²) in [5.74, 6) is 1.65. The minimum atomic E-state index is 0.827. The van der Waals surface area contributed by atoms with E-state index in [2.05, 4.69) is 60.4 Å². The lowest BCUT2D eigenvalue weighted by Gasteiger charge is -2.24. The van der Waals surface area contributed by atoms with Crippen LogP contribution in [0.3, 0.4) is 0 Å². The van der Waals surface area contributed by atoms with Crippen LogP contribution < -0.4 is 4.90 Å². The summed E-state index contributed by atoms with van der Waals surface area (Å²) in [6.45, 7) is 2.09. The van der Waals surface area contributed by atoms with Crippen LogP contribution in [0.15, 0.2) is 121 Å². The first-order valence-electron chi connectivity index (χ1n) is 10.7. The van der Waals surface area contributed by atoms with Gasteiger partial charge in [0.05, 0.1) is 11.4 Å². The summed E-state index contributed by atoms with van der Waals surface area (Å²) in [5.41, 5.74) is 6.27. The highest BCUT2D eigenvalue weighted by molar-refractivity contribution is 5.75. The monoisotopic (exact) mass is 413 g/mol. The molecule has 2 heterocycles. The van der Waals surface area contributed by atoms with Crippen molar-refractivity contribution in [3.63, 3.8) is 0 Å². The largest absolute Gasteiger partial charge is 0.279 e. The van der Waals surface area contributed by atoms with Crippen LogP contribution in [0, 0.1) is 6.92 Å². The lowest BCUT2D eigenvalue weighted by molar-refractivity contribution is 1.13. The Hall–Kier alpha value is -4.24. The summed E-state index contributed by atoms with van der Waals surface area (Å²) in [5, 5.41) is 0. The zero-order valence-electron chi connectivity index (χ0n) is 17.9. The molecule has 3 nitrogen and oxygen atoms in total. The van der Waals surface area contributed by atoms with E-state index >= 15 is 0 Å². The molecule has 0 unspecified atom stereocenters. The van der Waals surface area contributed by atoms with E-state index in [9.17, 15) is 0 Å². The third-order valence-corrected chi connectivity index (χ3v) is 5.36. The van der Waals surface area contributed by atoms with E-state index in [1.54, 1.807) is 0 Å². The van der Waals surface area contributed by atoms with Gasteiger partial charge in [0.1, 0.15) is 11.6 Å². The molecule has 0 radical (unpaired) electrons. The van der Waals surface area contributed by atoms with E-state index in [-0.39, 0.29) is 0 Å². The molecule has 5 rings (SSSR count). The molecule has 0 aliphatic rings. The maximum atomic E-state index is 5.01. The minimum Gasteiger partial charge on any atom is -0.279 e. The molecule has 32 heavy (non-hydrogen) atoms. The summed E-state index contributed by atoms with van der Waals surface area (Å²) in [4.78, 5) is 12.1. The van der Waals surface area contributed by atoms with Gasteiger partial charge in [-0.25, -0.2) is 9.97 Å². The second kappa shape index (κ2) is 8.86. The quantitative estimate of drug-likeness (QED) is 0.297. The second-order valence-electron chi connectivity index (χ2n) is 7.67. The fourth-order valence-electron chi connectivity index (χ4n) is 3.71. The summed E-state index contributed by atoms with van der Waals surface area (Å²) in [7, 11) is 0. The summed E-state index contributed by atoms with van der Waals surface area (Å²) in [6, 6.07) is 41.2. The highest BCUT2D eigenvalue weighted by atomic mass is 15.2. The molecule has 0 aliphatic carbocycles. The van der Waals surface area contributed by atoms with Gasteiger partial charge in [0.2, 0.25) is 0 Å². The fourth-order valence-corrected chi connectivity index (χ4v) is 3.71. The van der Waals surface area contributed by atoms with Gasteiger partial charge in [0, 0.05) is 16.8 Å². The third-order valence-electron chi connectivity index (χ3n) is 5.36. The van der Waals surface area contributed by atoms with Crippen molar-refractivity contribution in [3.05, 3.63) is 127 Å². The summed E-state index contributed by atoms with van der Waals surface area (Å²) >= 11 is 0. The Morgan fingerprint density at radius 3 is 1.41 bits per heavy atom. The first-order chi connectivity index (χ1) is 15.8. The molecule has 0 aliphatic heterocycles. The van der Waals surface area contributed by atoms with Crippen molar-refractivity contribution in [3.8, 4) is 22.5 Å². The topological polar surface area (TPSA) is 29.0 Å². The molecule has 3 aromatic carbocycles. The fraction of sp³-hybridized carbons (Fsp3) is 0.0345. The molecule has 3 heteroatoms. The standard InChI is InChI=1S/C29H23N3/c1-22-18-20-25(21-19-22)32(28-16-8-14-26(30-28)23-10-4-2-5-11-23)29-17-9-15-27(31-29)24-12-6-3-7-13-24/h2-21H,1H3. The molecule has 154 valence electrons. The molecule has 0 spiro atoms. The number of hydrogen-bond acceptors (Lipinski definition) is 3. The van der Waals surface area contributed by atoms with Gasteiger partial charge in [-0.05, 0) is 43.3 Å². The van der Waals surface area contributed by atoms with Crippen LogP contribution in [0.4, 0.5) is 17.3 Å². The van der Waals surface area contributed by atoms with E-state index in [1.165, 1.54) is 5.56 Å². The average molecular weight is 414 g/mol. The predicted octanol–water partition coefficient (Wildman–Crippen LogP) is 7.59. The summed E-state index contributed by atoms with van der Waals surface area (Å²) in [6.07, 6.45) is 0. The number of pyridine rings is 2. The minimum absolute atomic E-state index is 0.827. The third kappa shape index (κ3) is 4.14. The van der Waals surface area contributed by atoms with Crippen molar-refractivity contribution < 1.29 is 0 Å². The number of aryl methyl sites for hydroxylation is 1. The first kappa shape index (κ1) is 19.7. The second-order valence-corrected chi connectivity index (χ2v) is 7.67. The SMILES string of the molecule is Cc1ccc(N(c2cccc(-c3ccccc3)n2)c2cccc(-c3ccccc3)n2)cc1. The molecule has 2 aromatic heterocycles. The molecule has 0 fully saturated rings. The Morgan fingerprint density at radius 2 is 0.938 bits per heavy atom. The van der Waals surface area contributed by atoms with E-state index in [0.717, 1.165) is 39.8 Å². The van der Waals surface area contributed by atoms with Crippen molar-refractivity contribution in [2.45, 2.75) is 6.92 Å². The van der Waals surface area contributed by atoms with Crippen LogP contribution in [0.2, 0.25) is 0 Å². The maximum Gasteiger partial charge on any atom is 0.139 e. The van der Waals surface area contributed by atoms with E-state index < -0.39 is 0 Å². The number of nitrogens with zero attached hydrogens (tertiary/aromatic N) is 3. The van der Waals surface area contributed by atoms with Crippen LogP contribution in [0.5, 0.6) is 0 Å². The molecule has 0 N–H and O–H groups in total. The van der Waals surface area contributed by atoms with Crippen molar-refractivity contribution in [2.75, 3.05) is 4.90 Å². The Morgan fingerprint density at radius 1 is 0.469 bits per heavy atom. The predicted molar refractivity (Wildman–Crippen MR) is 132 cm³/mol. The van der Waals surface area contributed by atoms with Crippen LogP contribution in [0.25, 0.3) is 22.5 Å². The van der Waals surface area contributed by atoms with Gasteiger partial charge in [-0.3, -0.25) is 4.90 Å². The smallest absolute Gasteiger partial charge is 0.139 e. The number of aromatic nitrogens is 2. The van der Waals surface area contributed by atoms with Crippen molar-refractivity contribution in [1.82, 2.24) is 9.97 Å². The molecule has 0 bridgehead atoms. The van der Waals surface area contributed by atoms with E-state index in [0.29, 0.717) is 0 Å². The molecule has 0 amide bonds. The molecular weight excluding hydrogens is 390 g/mol. The number of rotatable bonds is 5. The number of anilines is 3. The molecular formula is C29H23N3. The first-order valence-corrected chi connectivity index (χ1v) is 10.7. The van der Waals surface area contributed by atoms with Crippen molar-refractivity contribution in [2.24, 2.45) is 0 Å². The van der Waals surface area contributed by atoms with Crippen LogP contribution >= 0.6 is 0 Å². The molecule has 0 saturated carbocycles. The Balaban J connectivity index is 1.64. The van der Waals surface area contributed by atoms with Gasteiger partial charge in [-0.15, -0.1) is 0 Å². The van der Waals surface area contributed by atoms with Crippen LogP contribution in [-0.4, -0.2) is 9.97 Å². The van der Waals surface area contributed by atoms with Crippen LogP contribution in [0.1, 0.15) is 5.56 Å². The highest BCUT2D eigenvalue weighted by Gasteiger charge is 2.16. The van der Waals surface area contributed by atoms with E-state index in [1.807, 2.05) is 72.8 Å². The highest BCUT2D eigenvalue weighted by Crippen LogP contribution is 2.34. The normalized spacial score (nSPS) is 10.7. The Bertz CT molecular complexity index is 1230. The van der Waals surface area contributed by atoms with Gasteiger partial charge in [0.25, 0.3) is 0 Å².